The molecule has 0 N–H and O–H groups in total. The number of amides is 1. The topological polar surface area (TPSA) is 60.9 Å². The van der Waals surface area contributed by atoms with Crippen LogP contribution >= 0.6 is 0 Å². The summed E-state index contributed by atoms with van der Waals surface area (Å²) in [6, 6.07) is 6.76. The van der Waals surface area contributed by atoms with Crippen molar-refractivity contribution in [2.24, 2.45) is 0 Å². The number of benzene rings is 1. The molecule has 25 heavy (non-hydrogen) atoms. The molecule has 0 spiro atoms. The molecule has 2 fully saturated rings. The highest BCUT2D eigenvalue weighted by Crippen LogP contribution is 2.23. The number of carbonyl (C=O) groups is 1. The van der Waals surface area contributed by atoms with Gasteiger partial charge in [-0.25, -0.2) is 8.42 Å². The zero-order valence-electron chi connectivity index (χ0n) is 15.0. The van der Waals surface area contributed by atoms with Crippen LogP contribution in [0.15, 0.2) is 29.2 Å². The predicted octanol–water partition coefficient (Wildman–Crippen LogP) is 1.66. The Morgan fingerprint density at radius 3 is 2.40 bits per heavy atom. The summed E-state index contributed by atoms with van der Waals surface area (Å²) in [6.45, 7) is 6.64. The number of aryl methyl sites for hydroxylation is 1. The van der Waals surface area contributed by atoms with Crippen LogP contribution in [0.3, 0.4) is 0 Å². The average Bonchev–Trinajstić information content (AvgIpc) is 2.99. The Morgan fingerprint density at radius 2 is 1.76 bits per heavy atom. The summed E-state index contributed by atoms with van der Waals surface area (Å²) in [5.41, 5.74) is 1.02. The van der Waals surface area contributed by atoms with Crippen molar-refractivity contribution >= 4 is 15.9 Å². The van der Waals surface area contributed by atoms with Crippen molar-refractivity contribution in [1.82, 2.24) is 14.1 Å². The molecule has 2 aliphatic rings. The van der Waals surface area contributed by atoms with E-state index in [9.17, 15) is 13.2 Å². The molecule has 7 heteroatoms. The maximum Gasteiger partial charge on any atom is 0.244 e. The molecule has 6 nitrogen and oxygen atoms in total. The minimum atomic E-state index is -3.56. The number of hydrogen-bond donors (Lipinski definition) is 0. The van der Waals surface area contributed by atoms with Crippen molar-refractivity contribution in [1.29, 1.82) is 0 Å². The Morgan fingerprint density at radius 1 is 1.12 bits per heavy atom. The van der Waals surface area contributed by atoms with Gasteiger partial charge in [0.25, 0.3) is 0 Å². The number of nitrogens with zero attached hydrogens (tertiary/aromatic N) is 3. The Bertz CT molecular complexity index is 712. The Hall–Kier alpha value is -1.44. The van der Waals surface area contributed by atoms with E-state index in [-0.39, 0.29) is 23.5 Å². The fourth-order valence-electron chi connectivity index (χ4n) is 3.52. The van der Waals surface area contributed by atoms with Gasteiger partial charge < -0.3 is 4.90 Å². The molecule has 2 saturated heterocycles. The van der Waals surface area contributed by atoms with E-state index in [0.717, 1.165) is 31.5 Å². The summed E-state index contributed by atoms with van der Waals surface area (Å²) in [5.74, 6) is 0.0241. The van der Waals surface area contributed by atoms with Gasteiger partial charge in [-0.3, -0.25) is 9.69 Å². The molecule has 1 aromatic rings. The molecular weight excluding hydrogens is 338 g/mol. The molecule has 3 rings (SSSR count). The van der Waals surface area contributed by atoms with Crippen molar-refractivity contribution in [3.63, 3.8) is 0 Å². The van der Waals surface area contributed by atoms with Crippen LogP contribution in [-0.2, 0) is 14.8 Å². The van der Waals surface area contributed by atoms with Gasteiger partial charge >= 0.3 is 0 Å². The lowest BCUT2D eigenvalue weighted by molar-refractivity contribution is -0.133. The van der Waals surface area contributed by atoms with Gasteiger partial charge in [-0.05, 0) is 51.9 Å². The quantitative estimate of drug-likeness (QED) is 0.814. The van der Waals surface area contributed by atoms with Crippen LogP contribution in [0.1, 0.15) is 31.7 Å². The van der Waals surface area contributed by atoms with Crippen molar-refractivity contribution in [2.45, 2.75) is 44.0 Å². The predicted molar refractivity (Wildman–Crippen MR) is 96.5 cm³/mol. The van der Waals surface area contributed by atoms with Crippen LogP contribution in [0, 0.1) is 6.92 Å². The summed E-state index contributed by atoms with van der Waals surface area (Å²) < 4.78 is 27.1. The van der Waals surface area contributed by atoms with Crippen LogP contribution in [0.4, 0.5) is 0 Å². The van der Waals surface area contributed by atoms with E-state index in [2.05, 4.69) is 4.90 Å². The number of hydrogen-bond acceptors (Lipinski definition) is 4. The number of carbonyl (C=O) groups excluding carboxylic acids is 1. The average molecular weight is 365 g/mol. The molecule has 1 atom stereocenters. The fraction of sp³-hybridized carbons (Fsp3) is 0.611. The normalized spacial score (nSPS) is 23.1. The Kier molecular flexibility index (Phi) is 5.46. The van der Waals surface area contributed by atoms with Gasteiger partial charge in [-0.1, -0.05) is 24.1 Å². The lowest BCUT2D eigenvalue weighted by Crippen LogP contribution is -2.44. The van der Waals surface area contributed by atoms with Crippen LogP contribution in [0.5, 0.6) is 0 Å². The SMILES string of the molecule is Cc1ccc(S(=O)(=O)N2CC(C)N(C(=O)CN3CCCCC3)C2)cc1. The Balaban J connectivity index is 1.67. The molecule has 2 heterocycles. The fourth-order valence-corrected chi connectivity index (χ4v) is 4.98. The standard InChI is InChI=1S/C18H27N3O3S/c1-15-6-8-17(9-7-15)25(23,24)20-12-16(2)21(14-20)18(22)13-19-10-4-3-5-11-19/h6-9,16H,3-5,10-14H2,1-2H3. The van der Waals surface area contributed by atoms with E-state index in [4.69, 9.17) is 0 Å². The van der Waals surface area contributed by atoms with Crippen LogP contribution in [-0.4, -0.2) is 67.3 Å². The molecule has 1 amide bonds. The molecule has 138 valence electrons. The van der Waals surface area contributed by atoms with Crippen LogP contribution < -0.4 is 0 Å². The highest BCUT2D eigenvalue weighted by Gasteiger charge is 2.38. The highest BCUT2D eigenvalue weighted by molar-refractivity contribution is 7.89. The lowest BCUT2D eigenvalue weighted by Gasteiger charge is -2.29. The largest absolute Gasteiger partial charge is 0.324 e. The van der Waals surface area contributed by atoms with Crippen molar-refractivity contribution in [3.8, 4) is 0 Å². The summed E-state index contributed by atoms with van der Waals surface area (Å²) in [5, 5.41) is 0. The van der Waals surface area contributed by atoms with Crippen molar-refractivity contribution < 1.29 is 13.2 Å². The smallest absolute Gasteiger partial charge is 0.244 e. The second-order valence-electron chi connectivity index (χ2n) is 7.14. The minimum Gasteiger partial charge on any atom is -0.324 e. The minimum absolute atomic E-state index is 0.0241. The van der Waals surface area contributed by atoms with Crippen molar-refractivity contribution in [2.75, 3.05) is 32.8 Å². The third kappa shape index (κ3) is 4.04. The number of rotatable bonds is 4. The van der Waals surface area contributed by atoms with Gasteiger partial charge in [0.1, 0.15) is 0 Å². The number of sulfonamides is 1. The van der Waals surface area contributed by atoms with Gasteiger partial charge in [-0.15, -0.1) is 0 Å². The van der Waals surface area contributed by atoms with E-state index in [1.165, 1.54) is 10.7 Å². The summed E-state index contributed by atoms with van der Waals surface area (Å²) in [6.07, 6.45) is 3.50. The second-order valence-corrected chi connectivity index (χ2v) is 9.08. The molecular formula is C18H27N3O3S. The molecule has 0 radical (unpaired) electrons. The number of likely N-dealkylation sites (tertiary alicyclic amines) is 1. The van der Waals surface area contributed by atoms with Crippen LogP contribution in [0.25, 0.3) is 0 Å². The maximum atomic E-state index is 12.8. The van der Waals surface area contributed by atoms with E-state index < -0.39 is 10.0 Å². The first-order valence-electron chi connectivity index (χ1n) is 8.96. The zero-order valence-corrected chi connectivity index (χ0v) is 15.8. The first kappa shape index (κ1) is 18.4. The molecule has 1 aromatic carbocycles. The molecule has 0 bridgehead atoms. The molecule has 2 aliphatic heterocycles. The van der Waals surface area contributed by atoms with Crippen molar-refractivity contribution in [3.05, 3.63) is 29.8 Å². The molecule has 0 aliphatic carbocycles. The summed E-state index contributed by atoms with van der Waals surface area (Å²) in [7, 11) is -3.56. The van der Waals surface area contributed by atoms with Gasteiger partial charge in [0.05, 0.1) is 18.1 Å². The van der Waals surface area contributed by atoms with E-state index >= 15 is 0 Å². The van der Waals surface area contributed by atoms with Gasteiger partial charge in [0.2, 0.25) is 15.9 Å². The van der Waals surface area contributed by atoms with E-state index in [1.807, 2.05) is 13.8 Å². The zero-order chi connectivity index (χ0) is 18.0. The van der Waals surface area contributed by atoms with Crippen LogP contribution in [0.2, 0.25) is 0 Å². The molecule has 0 saturated carbocycles. The first-order valence-corrected chi connectivity index (χ1v) is 10.4. The first-order chi connectivity index (χ1) is 11.9. The summed E-state index contributed by atoms with van der Waals surface area (Å²) in [4.78, 5) is 16.8. The maximum absolute atomic E-state index is 12.8. The third-order valence-electron chi connectivity index (χ3n) is 5.10. The third-order valence-corrected chi connectivity index (χ3v) is 6.91. The monoisotopic (exact) mass is 365 g/mol. The Labute approximate surface area is 150 Å². The molecule has 1 unspecified atom stereocenters. The van der Waals surface area contributed by atoms with Gasteiger partial charge in [0, 0.05) is 12.6 Å². The summed E-state index contributed by atoms with van der Waals surface area (Å²) >= 11 is 0. The molecule has 0 aromatic heterocycles. The van der Waals surface area contributed by atoms with E-state index in [1.54, 1.807) is 29.2 Å². The highest BCUT2D eigenvalue weighted by atomic mass is 32.2. The van der Waals surface area contributed by atoms with Gasteiger partial charge in [-0.2, -0.15) is 4.31 Å². The second kappa shape index (κ2) is 7.43. The lowest BCUT2D eigenvalue weighted by atomic mass is 10.1. The van der Waals surface area contributed by atoms with E-state index in [0.29, 0.717) is 13.1 Å². The van der Waals surface area contributed by atoms with Gasteiger partial charge in [0.15, 0.2) is 0 Å². The number of piperidine rings is 1.